The van der Waals surface area contributed by atoms with Crippen LogP contribution < -0.4 is 4.90 Å². The van der Waals surface area contributed by atoms with Gasteiger partial charge in [0.2, 0.25) is 0 Å². The largest absolute Gasteiger partial charge is 0.444 e. The van der Waals surface area contributed by atoms with E-state index in [0.717, 1.165) is 48.4 Å². The highest BCUT2D eigenvalue weighted by atomic mass is 127. The molecule has 0 aliphatic carbocycles. The fourth-order valence-corrected chi connectivity index (χ4v) is 3.91. The molecule has 1 amide bonds. The lowest BCUT2D eigenvalue weighted by molar-refractivity contribution is -0.0434. The molecule has 2 aliphatic rings. The van der Waals surface area contributed by atoms with Crippen LogP contribution in [-0.2, 0) is 4.74 Å². The van der Waals surface area contributed by atoms with Crippen LogP contribution in [0.4, 0.5) is 10.6 Å². The summed E-state index contributed by atoms with van der Waals surface area (Å²) in [5, 5.41) is 0. The second-order valence-electron chi connectivity index (χ2n) is 7.52. The first-order valence-corrected chi connectivity index (χ1v) is 9.04. The molecule has 3 heterocycles. The number of nitrogens with zero attached hydrogens (tertiary/aromatic N) is 4. The molecule has 0 bridgehead atoms. The van der Waals surface area contributed by atoms with Crippen molar-refractivity contribution in [3.8, 4) is 0 Å². The van der Waals surface area contributed by atoms with E-state index in [1.165, 1.54) is 0 Å². The molecule has 0 aromatic carbocycles. The Hall–Kier alpha value is -1.12. The Labute approximate surface area is 150 Å². The van der Waals surface area contributed by atoms with Gasteiger partial charge in [-0.2, -0.15) is 0 Å². The number of piperidine rings is 1. The number of halogens is 1. The zero-order valence-electron chi connectivity index (χ0n) is 13.9. The first kappa shape index (κ1) is 16.7. The zero-order chi connectivity index (χ0) is 16.7. The highest BCUT2D eigenvalue weighted by Crippen LogP contribution is 2.41. The topological polar surface area (TPSA) is 58.6 Å². The second-order valence-corrected chi connectivity index (χ2v) is 8.68. The Bertz CT molecular complexity index is 586. The van der Waals surface area contributed by atoms with Crippen molar-refractivity contribution in [2.75, 3.05) is 31.1 Å². The molecule has 1 spiro atoms. The minimum atomic E-state index is -0.424. The summed E-state index contributed by atoms with van der Waals surface area (Å²) in [6.45, 7) is 9.31. The predicted molar refractivity (Wildman–Crippen MR) is 96.4 cm³/mol. The van der Waals surface area contributed by atoms with Gasteiger partial charge in [-0.3, -0.25) is 0 Å². The number of amides is 1. The van der Waals surface area contributed by atoms with E-state index in [4.69, 9.17) is 4.74 Å². The summed E-state index contributed by atoms with van der Waals surface area (Å²) in [6.07, 6.45) is 5.45. The Morgan fingerprint density at radius 2 is 1.96 bits per heavy atom. The number of ether oxygens (including phenoxy) is 1. The Morgan fingerprint density at radius 1 is 1.30 bits per heavy atom. The van der Waals surface area contributed by atoms with Crippen molar-refractivity contribution in [1.29, 1.82) is 0 Å². The fraction of sp³-hybridized carbons (Fsp3) is 0.688. The number of hydrogen-bond acceptors (Lipinski definition) is 5. The summed E-state index contributed by atoms with van der Waals surface area (Å²) in [7, 11) is 0. The first-order valence-electron chi connectivity index (χ1n) is 7.96. The Balaban J connectivity index is 1.53. The van der Waals surface area contributed by atoms with Gasteiger partial charge in [0.15, 0.2) is 0 Å². The fourth-order valence-electron chi connectivity index (χ4n) is 3.27. The average Bonchev–Trinajstić information content (AvgIpc) is 2.44. The number of likely N-dealkylation sites (tertiary alicyclic amines) is 1. The first-order chi connectivity index (χ1) is 10.8. The smallest absolute Gasteiger partial charge is 0.410 e. The van der Waals surface area contributed by atoms with Gasteiger partial charge in [0.1, 0.15) is 17.7 Å². The lowest BCUT2D eigenvalue weighted by Gasteiger charge is -2.53. The maximum absolute atomic E-state index is 12.1. The van der Waals surface area contributed by atoms with E-state index < -0.39 is 5.60 Å². The third-order valence-corrected chi connectivity index (χ3v) is 5.24. The molecule has 0 unspecified atom stereocenters. The summed E-state index contributed by atoms with van der Waals surface area (Å²) in [5.74, 6) is 1.03. The molecule has 1 aromatic heterocycles. The standard InChI is InChI=1S/C16H23IN4O2/c1-15(2,3)23-14(22)21-9-16(10-21)4-6-20(7-5-16)13-12(17)8-18-11-19-13/h8,11H,4-7,9-10H2,1-3H3. The van der Waals surface area contributed by atoms with Crippen LogP contribution >= 0.6 is 22.6 Å². The molecule has 2 fully saturated rings. The van der Waals surface area contributed by atoms with E-state index in [2.05, 4.69) is 37.5 Å². The number of aromatic nitrogens is 2. The van der Waals surface area contributed by atoms with Crippen LogP contribution in [0.1, 0.15) is 33.6 Å². The average molecular weight is 430 g/mol. The van der Waals surface area contributed by atoms with Gasteiger partial charge in [-0.15, -0.1) is 0 Å². The number of anilines is 1. The molecule has 3 rings (SSSR count). The molecule has 0 radical (unpaired) electrons. The maximum Gasteiger partial charge on any atom is 0.410 e. The van der Waals surface area contributed by atoms with Gasteiger partial charge in [0.05, 0.1) is 3.57 Å². The quantitative estimate of drug-likeness (QED) is 0.642. The summed E-state index contributed by atoms with van der Waals surface area (Å²) in [5.41, 5.74) is -0.154. The molecule has 6 nitrogen and oxygen atoms in total. The minimum absolute atomic E-state index is 0.184. The Morgan fingerprint density at radius 3 is 2.52 bits per heavy atom. The van der Waals surface area contributed by atoms with Crippen LogP contribution in [0, 0.1) is 8.99 Å². The van der Waals surface area contributed by atoms with Gasteiger partial charge in [-0.1, -0.05) is 0 Å². The summed E-state index contributed by atoms with van der Waals surface area (Å²) >= 11 is 2.28. The number of rotatable bonds is 1. The van der Waals surface area contributed by atoms with E-state index in [1.807, 2.05) is 31.9 Å². The predicted octanol–water partition coefficient (Wildman–Crippen LogP) is 2.92. The maximum atomic E-state index is 12.1. The van der Waals surface area contributed by atoms with E-state index in [0.29, 0.717) is 0 Å². The SMILES string of the molecule is CC(C)(C)OC(=O)N1CC2(CCN(c3ncncc3I)CC2)C1. The summed E-state index contributed by atoms with van der Waals surface area (Å²) < 4.78 is 6.53. The normalized spacial score (nSPS) is 20.3. The highest BCUT2D eigenvalue weighted by Gasteiger charge is 2.48. The Kier molecular flexibility index (Phi) is 4.41. The molecule has 23 heavy (non-hydrogen) atoms. The summed E-state index contributed by atoms with van der Waals surface area (Å²) in [6, 6.07) is 0. The van der Waals surface area contributed by atoms with E-state index >= 15 is 0 Å². The monoisotopic (exact) mass is 430 g/mol. The number of carbonyl (C=O) groups excluding carboxylic acids is 1. The molecule has 126 valence electrons. The van der Waals surface area contributed by atoms with Gasteiger partial charge in [-0.05, 0) is 56.2 Å². The molecular formula is C16H23IN4O2. The molecule has 2 aliphatic heterocycles. The van der Waals surface area contributed by atoms with Crippen LogP contribution in [0.2, 0.25) is 0 Å². The van der Waals surface area contributed by atoms with Gasteiger partial charge in [-0.25, -0.2) is 14.8 Å². The second kappa shape index (κ2) is 6.07. The van der Waals surface area contributed by atoms with Crippen LogP contribution in [0.5, 0.6) is 0 Å². The highest BCUT2D eigenvalue weighted by molar-refractivity contribution is 14.1. The zero-order valence-corrected chi connectivity index (χ0v) is 16.0. The van der Waals surface area contributed by atoms with Crippen molar-refractivity contribution in [3.05, 3.63) is 16.1 Å². The van der Waals surface area contributed by atoms with Gasteiger partial charge in [0.25, 0.3) is 0 Å². The van der Waals surface area contributed by atoms with Crippen LogP contribution in [-0.4, -0.2) is 52.7 Å². The third-order valence-electron chi connectivity index (χ3n) is 4.48. The molecule has 0 N–H and O–H groups in total. The van der Waals surface area contributed by atoms with Crippen molar-refractivity contribution in [2.24, 2.45) is 5.41 Å². The lowest BCUT2D eigenvalue weighted by atomic mass is 9.72. The van der Waals surface area contributed by atoms with Crippen molar-refractivity contribution in [3.63, 3.8) is 0 Å². The van der Waals surface area contributed by atoms with Gasteiger partial charge >= 0.3 is 6.09 Å². The lowest BCUT2D eigenvalue weighted by Crippen LogP contribution is -2.62. The van der Waals surface area contributed by atoms with Crippen molar-refractivity contribution < 1.29 is 9.53 Å². The van der Waals surface area contributed by atoms with E-state index in [-0.39, 0.29) is 11.5 Å². The summed E-state index contributed by atoms with van der Waals surface area (Å²) in [4.78, 5) is 24.7. The van der Waals surface area contributed by atoms with Crippen LogP contribution in [0.15, 0.2) is 12.5 Å². The molecule has 0 atom stereocenters. The van der Waals surface area contributed by atoms with Crippen LogP contribution in [0.3, 0.4) is 0 Å². The molecule has 2 saturated heterocycles. The molecule has 0 saturated carbocycles. The van der Waals surface area contributed by atoms with Crippen molar-refractivity contribution in [1.82, 2.24) is 14.9 Å². The van der Waals surface area contributed by atoms with E-state index in [1.54, 1.807) is 6.33 Å². The van der Waals surface area contributed by atoms with Crippen LogP contribution in [0.25, 0.3) is 0 Å². The van der Waals surface area contributed by atoms with Gasteiger partial charge in [0, 0.05) is 37.8 Å². The molecule has 7 heteroatoms. The van der Waals surface area contributed by atoms with Gasteiger partial charge < -0.3 is 14.5 Å². The molecule has 1 aromatic rings. The minimum Gasteiger partial charge on any atom is -0.444 e. The third kappa shape index (κ3) is 3.70. The van der Waals surface area contributed by atoms with E-state index in [9.17, 15) is 4.79 Å². The van der Waals surface area contributed by atoms with Crippen molar-refractivity contribution >= 4 is 34.5 Å². The number of carbonyl (C=O) groups is 1. The molecular weight excluding hydrogens is 407 g/mol. The number of hydrogen-bond donors (Lipinski definition) is 0. The van der Waals surface area contributed by atoms with Crippen molar-refractivity contribution in [2.45, 2.75) is 39.2 Å².